The third-order valence-corrected chi connectivity index (χ3v) is 10.4. The van der Waals surface area contributed by atoms with E-state index < -0.39 is 0 Å². The highest BCUT2D eigenvalue weighted by atomic mass is 16.7. The molecule has 1 spiro atoms. The summed E-state index contributed by atoms with van der Waals surface area (Å²) in [6, 6.07) is 15.4. The van der Waals surface area contributed by atoms with E-state index in [1.54, 1.807) is 0 Å². The van der Waals surface area contributed by atoms with E-state index in [9.17, 15) is 0 Å². The Morgan fingerprint density at radius 1 is 1.02 bits per heavy atom. The molecule has 2 saturated carbocycles. The molecule has 0 N–H and O–H groups in total. The average Bonchev–Trinajstić information content (AvgIpc) is 3.80. The van der Waals surface area contributed by atoms with Crippen LogP contribution in [0.4, 0.5) is 0 Å². The number of aryl methyl sites for hydroxylation is 1. The van der Waals surface area contributed by atoms with Gasteiger partial charge in [-0.3, -0.25) is 0 Å². The highest BCUT2D eigenvalue weighted by molar-refractivity contribution is 5.59. The second-order valence-corrected chi connectivity index (χ2v) is 12.8. The smallest absolute Gasteiger partial charge is 0.165 e. The number of hydrogen-bond acceptors (Lipinski definition) is 5. The van der Waals surface area contributed by atoms with Crippen molar-refractivity contribution in [2.45, 2.75) is 103 Å². The monoisotopic (exact) mass is 573 g/mol. The highest BCUT2D eigenvalue weighted by Gasteiger charge is 2.66. The Hall–Kier alpha value is -2.52. The van der Waals surface area contributed by atoms with E-state index in [-0.39, 0.29) is 17.6 Å². The van der Waals surface area contributed by atoms with Gasteiger partial charge in [0.15, 0.2) is 11.5 Å². The van der Waals surface area contributed by atoms with Crippen molar-refractivity contribution in [3.63, 3.8) is 0 Å². The molecule has 5 nitrogen and oxygen atoms in total. The second kappa shape index (κ2) is 13.8. The van der Waals surface area contributed by atoms with Crippen molar-refractivity contribution < 1.29 is 18.9 Å². The topological polar surface area (TPSA) is 40.2 Å². The molecule has 7 rings (SSSR count). The second-order valence-electron chi connectivity index (χ2n) is 12.8. The zero-order chi connectivity index (χ0) is 29.7. The van der Waals surface area contributed by atoms with Gasteiger partial charge >= 0.3 is 0 Å². The molecule has 2 aromatic carbocycles. The van der Waals surface area contributed by atoms with Gasteiger partial charge in [-0.25, -0.2) is 0 Å². The molecule has 0 aromatic heterocycles. The molecule has 2 aliphatic carbocycles. The van der Waals surface area contributed by atoms with Gasteiger partial charge in [0, 0.05) is 29.5 Å². The maximum Gasteiger partial charge on any atom is 0.165 e. The average molecular weight is 574 g/mol. The van der Waals surface area contributed by atoms with Crippen molar-refractivity contribution in [2.75, 3.05) is 26.5 Å². The molecule has 6 atom stereocenters. The van der Waals surface area contributed by atoms with E-state index in [0.29, 0.717) is 31.3 Å². The Bertz CT molecular complexity index is 1180. The molecule has 2 saturated heterocycles. The lowest BCUT2D eigenvalue weighted by Crippen LogP contribution is -2.67. The summed E-state index contributed by atoms with van der Waals surface area (Å²) in [7, 11) is 0. The number of unbranched alkanes of at least 4 members (excludes halogenated alkanes) is 1. The number of nitrogens with zero attached hydrogens (tertiary/aromatic N) is 1. The summed E-state index contributed by atoms with van der Waals surface area (Å²) in [5.41, 5.74) is 3.99. The van der Waals surface area contributed by atoms with Crippen LogP contribution in [0.15, 0.2) is 42.5 Å². The molecule has 4 fully saturated rings. The minimum atomic E-state index is -0.0230. The van der Waals surface area contributed by atoms with Crippen molar-refractivity contribution in [1.82, 2.24) is 4.90 Å². The molecule has 228 valence electrons. The number of rotatable bonds is 7. The normalized spacial score (nSPS) is 31.0. The summed E-state index contributed by atoms with van der Waals surface area (Å²) in [5.74, 6) is 3.69. The summed E-state index contributed by atoms with van der Waals surface area (Å²) in [6.07, 6.45) is 16.8. The number of terminal acetylenes is 1. The van der Waals surface area contributed by atoms with Gasteiger partial charge in [0.05, 0.1) is 6.61 Å². The first-order valence-electron chi connectivity index (χ1n) is 16.4. The Morgan fingerprint density at radius 3 is 2.48 bits per heavy atom. The van der Waals surface area contributed by atoms with Crippen LogP contribution in [0.2, 0.25) is 0 Å². The van der Waals surface area contributed by atoms with E-state index in [4.69, 9.17) is 18.9 Å². The Balaban J connectivity index is 0.000000545. The summed E-state index contributed by atoms with van der Waals surface area (Å²) in [6.45, 7) is 13.2. The molecule has 3 heterocycles. The number of hydrogen-bond donors (Lipinski definition) is 0. The van der Waals surface area contributed by atoms with Crippen LogP contribution in [0.3, 0.4) is 0 Å². The Labute approximate surface area is 254 Å². The van der Waals surface area contributed by atoms with Gasteiger partial charge in [0.2, 0.25) is 0 Å². The Morgan fingerprint density at radius 2 is 1.79 bits per heavy atom. The predicted molar refractivity (Wildman–Crippen MR) is 169 cm³/mol. The fraction of sp³-hybridized carbons (Fsp3) is 0.622. The van der Waals surface area contributed by atoms with Gasteiger partial charge in [0.25, 0.3) is 0 Å². The van der Waals surface area contributed by atoms with Crippen molar-refractivity contribution in [3.8, 4) is 24.3 Å². The number of ether oxygens (including phenoxy) is 4. The fourth-order valence-electron chi connectivity index (χ4n) is 7.89. The molecular weight excluding hydrogens is 522 g/mol. The number of fused-ring (bicyclic) bond motifs is 3. The van der Waals surface area contributed by atoms with Crippen LogP contribution >= 0.6 is 0 Å². The molecule has 0 radical (unpaired) electrons. The van der Waals surface area contributed by atoms with E-state index in [1.807, 2.05) is 6.07 Å². The quantitative estimate of drug-likeness (QED) is 0.323. The van der Waals surface area contributed by atoms with Gasteiger partial charge in [0.1, 0.15) is 25.6 Å². The van der Waals surface area contributed by atoms with Crippen LogP contribution < -0.4 is 9.47 Å². The van der Waals surface area contributed by atoms with Gasteiger partial charge in [-0.1, -0.05) is 70.0 Å². The molecule has 5 heteroatoms. The van der Waals surface area contributed by atoms with Gasteiger partial charge < -0.3 is 23.8 Å². The van der Waals surface area contributed by atoms with E-state index >= 15 is 0 Å². The maximum absolute atomic E-state index is 7.06. The van der Waals surface area contributed by atoms with Crippen molar-refractivity contribution in [2.24, 2.45) is 17.8 Å². The summed E-state index contributed by atoms with van der Waals surface area (Å²) < 4.78 is 25.7. The fourth-order valence-corrected chi connectivity index (χ4v) is 7.89. The highest BCUT2D eigenvalue weighted by Crippen LogP contribution is 2.63. The van der Waals surface area contributed by atoms with Crippen LogP contribution in [0, 0.1) is 30.6 Å². The van der Waals surface area contributed by atoms with Crippen LogP contribution in [-0.2, 0) is 27.9 Å². The summed E-state index contributed by atoms with van der Waals surface area (Å²) >= 11 is 0. The van der Waals surface area contributed by atoms with Gasteiger partial charge in [-0.2, -0.15) is 0 Å². The van der Waals surface area contributed by atoms with Crippen LogP contribution in [0.5, 0.6) is 11.5 Å². The van der Waals surface area contributed by atoms with E-state index in [2.05, 4.69) is 81.8 Å². The van der Waals surface area contributed by atoms with Crippen molar-refractivity contribution >= 4 is 0 Å². The zero-order valence-corrected chi connectivity index (χ0v) is 26.2. The first-order chi connectivity index (χ1) is 20.6. The molecule has 0 amide bonds. The minimum Gasteiger partial charge on any atom is -0.485 e. The first-order valence-corrected chi connectivity index (χ1v) is 16.4. The third kappa shape index (κ3) is 5.83. The minimum absolute atomic E-state index is 0.0230. The molecule has 5 aliphatic rings. The Kier molecular flexibility index (Phi) is 10.2. The zero-order valence-electron chi connectivity index (χ0n) is 26.2. The molecule has 5 unspecified atom stereocenters. The van der Waals surface area contributed by atoms with Crippen molar-refractivity contribution in [3.05, 3.63) is 59.2 Å². The lowest BCUT2D eigenvalue weighted by atomic mass is 9.52. The number of piperidine rings is 1. The molecule has 2 aromatic rings. The van der Waals surface area contributed by atoms with Crippen LogP contribution in [-0.4, -0.2) is 49.6 Å². The standard InChI is InChI=1S/C31H39NO4.C4H10.C2H2/c1-3-23-11-12-26(34-17-22-7-5-4-6-8-22)29-27(23)31-13-14-32(16-21-9-10-21)20(2)25(31)15-24-18-33-19-35-28(24)30(31)36-29;1-3-4-2;1-2/h4-8,11-12,20-21,24-25,28,30H,3,9-10,13-19H2,1-2H3;3-4H2,1-2H3;1-2H/t20?,24?,25?,28?,30-,31?;;/m0../s1. The van der Waals surface area contributed by atoms with Crippen LogP contribution in [0.1, 0.15) is 82.9 Å². The summed E-state index contributed by atoms with van der Waals surface area (Å²) in [5, 5.41) is 0. The van der Waals surface area contributed by atoms with Gasteiger partial charge in [-0.15, -0.1) is 12.8 Å². The van der Waals surface area contributed by atoms with Crippen LogP contribution in [0.25, 0.3) is 0 Å². The maximum atomic E-state index is 7.06. The van der Waals surface area contributed by atoms with Crippen molar-refractivity contribution in [1.29, 1.82) is 0 Å². The molecule has 42 heavy (non-hydrogen) atoms. The lowest BCUT2D eigenvalue weighted by Gasteiger charge is -2.58. The van der Waals surface area contributed by atoms with E-state index in [0.717, 1.165) is 49.8 Å². The van der Waals surface area contributed by atoms with Gasteiger partial charge in [-0.05, 0) is 74.6 Å². The number of benzene rings is 2. The lowest BCUT2D eigenvalue weighted by molar-refractivity contribution is -0.233. The summed E-state index contributed by atoms with van der Waals surface area (Å²) in [4.78, 5) is 2.79. The molecule has 3 aliphatic heterocycles. The molecule has 0 bridgehead atoms. The third-order valence-electron chi connectivity index (χ3n) is 10.4. The predicted octanol–water partition coefficient (Wildman–Crippen LogP) is 7.40. The number of likely N-dealkylation sites (tertiary alicyclic amines) is 1. The SMILES string of the molecule is C#C.CCCC.CCc1ccc(OCc2ccccc2)c2c1C13CCN(CC4CC4)C(C)C1CC1COCOC1[C@@H]3O2. The van der Waals surface area contributed by atoms with E-state index in [1.165, 1.54) is 48.9 Å². The first kappa shape index (κ1) is 30.9. The molecular formula is C37H51NO4. The largest absolute Gasteiger partial charge is 0.485 e.